The van der Waals surface area contributed by atoms with Crippen molar-refractivity contribution in [1.29, 1.82) is 0 Å². The normalized spacial score (nSPS) is 13.6. The van der Waals surface area contributed by atoms with E-state index in [1.165, 1.54) is 11.3 Å². The van der Waals surface area contributed by atoms with E-state index in [9.17, 15) is 8.42 Å². The van der Waals surface area contributed by atoms with Crippen molar-refractivity contribution < 1.29 is 8.42 Å². The molecule has 0 aliphatic carbocycles. The van der Waals surface area contributed by atoms with Crippen LogP contribution < -0.4 is 10.0 Å². The number of hydrogen-bond acceptors (Lipinski definition) is 5. The molecule has 0 amide bonds. The highest BCUT2D eigenvalue weighted by Gasteiger charge is 2.20. The van der Waals surface area contributed by atoms with Crippen molar-refractivity contribution in [2.24, 2.45) is 0 Å². The van der Waals surface area contributed by atoms with Gasteiger partial charge in [-0.2, -0.15) is 11.3 Å². The predicted octanol–water partition coefficient (Wildman–Crippen LogP) is 2.57. The smallest absolute Gasteiger partial charge is 0.250 e. The van der Waals surface area contributed by atoms with Crippen molar-refractivity contribution in [3.05, 3.63) is 39.4 Å². The van der Waals surface area contributed by atoms with E-state index < -0.39 is 10.0 Å². The minimum absolute atomic E-state index is 0.217. The van der Waals surface area contributed by atoms with Crippen molar-refractivity contribution >= 4 is 32.7 Å². The minimum Gasteiger partial charge on any atom is -0.315 e. The molecular weight excluding hydrogens is 300 g/mol. The third-order valence-electron chi connectivity index (χ3n) is 2.63. The number of rotatable bonds is 6. The van der Waals surface area contributed by atoms with Gasteiger partial charge in [-0.3, -0.25) is 0 Å². The fourth-order valence-electron chi connectivity index (χ4n) is 1.65. The molecule has 1 unspecified atom stereocenters. The zero-order valence-electron chi connectivity index (χ0n) is 10.7. The molecule has 0 saturated carbocycles. The summed E-state index contributed by atoms with van der Waals surface area (Å²) >= 11 is 2.85. The van der Waals surface area contributed by atoms with Crippen LogP contribution in [0.2, 0.25) is 0 Å². The Bertz CT molecular complexity index is 617. The molecule has 0 aliphatic rings. The highest BCUT2D eigenvalue weighted by atomic mass is 32.2. The summed E-state index contributed by atoms with van der Waals surface area (Å²) in [6.45, 7) is 2.53. The zero-order valence-corrected chi connectivity index (χ0v) is 13.2. The molecule has 2 rings (SSSR count). The van der Waals surface area contributed by atoms with Gasteiger partial charge in [0.1, 0.15) is 4.21 Å². The van der Waals surface area contributed by atoms with Gasteiger partial charge in [0.25, 0.3) is 10.0 Å². The van der Waals surface area contributed by atoms with Gasteiger partial charge in [-0.05, 0) is 48.5 Å². The number of hydrogen-bond donors (Lipinski definition) is 2. The van der Waals surface area contributed by atoms with Crippen LogP contribution in [0.25, 0.3) is 0 Å². The average molecular weight is 316 g/mol. The standard InChI is InChI=1S/C12H16N2O2S3/c1-9(10-5-6-17-8-10)14-19(15,16)12-4-3-11(18-12)7-13-2/h3-6,8-9,13-14H,7H2,1-2H3. The first-order chi connectivity index (χ1) is 9.03. The molecule has 0 spiro atoms. The van der Waals surface area contributed by atoms with E-state index in [1.807, 2.05) is 36.9 Å². The SMILES string of the molecule is CNCc1ccc(S(=O)(=O)NC(C)c2ccsc2)s1. The molecule has 104 valence electrons. The highest BCUT2D eigenvalue weighted by molar-refractivity contribution is 7.91. The van der Waals surface area contributed by atoms with Gasteiger partial charge >= 0.3 is 0 Å². The van der Waals surface area contributed by atoms with Gasteiger partial charge in [0.15, 0.2) is 0 Å². The summed E-state index contributed by atoms with van der Waals surface area (Å²) in [5.41, 5.74) is 0.987. The minimum atomic E-state index is -3.44. The maximum Gasteiger partial charge on any atom is 0.250 e. The van der Waals surface area contributed by atoms with E-state index in [1.54, 1.807) is 17.4 Å². The summed E-state index contributed by atoms with van der Waals surface area (Å²) in [4.78, 5) is 1.01. The quantitative estimate of drug-likeness (QED) is 0.861. The van der Waals surface area contributed by atoms with E-state index >= 15 is 0 Å². The lowest BCUT2D eigenvalue weighted by atomic mass is 10.2. The number of thiophene rings is 2. The zero-order chi connectivity index (χ0) is 13.9. The topological polar surface area (TPSA) is 58.2 Å². The Morgan fingerprint density at radius 3 is 2.74 bits per heavy atom. The van der Waals surface area contributed by atoms with Gasteiger partial charge < -0.3 is 5.32 Å². The Labute approximate surface area is 121 Å². The largest absolute Gasteiger partial charge is 0.315 e. The molecule has 4 nitrogen and oxygen atoms in total. The number of sulfonamides is 1. The highest BCUT2D eigenvalue weighted by Crippen LogP contribution is 2.24. The molecular formula is C12H16N2O2S3. The third kappa shape index (κ3) is 3.64. The second kappa shape index (κ2) is 6.15. The fraction of sp³-hybridized carbons (Fsp3) is 0.333. The monoisotopic (exact) mass is 316 g/mol. The van der Waals surface area contributed by atoms with Crippen LogP contribution >= 0.6 is 22.7 Å². The molecule has 0 aliphatic heterocycles. The van der Waals surface area contributed by atoms with Crippen molar-refractivity contribution in [3.63, 3.8) is 0 Å². The van der Waals surface area contributed by atoms with Gasteiger partial charge in [-0.15, -0.1) is 11.3 Å². The summed E-state index contributed by atoms with van der Waals surface area (Å²) in [5.74, 6) is 0. The number of nitrogens with one attached hydrogen (secondary N) is 2. The van der Waals surface area contributed by atoms with Gasteiger partial charge in [0.05, 0.1) is 0 Å². The summed E-state index contributed by atoms with van der Waals surface area (Å²) in [6.07, 6.45) is 0. The molecule has 0 saturated heterocycles. The fourth-order valence-corrected chi connectivity index (χ4v) is 5.02. The molecule has 7 heteroatoms. The molecule has 2 N–H and O–H groups in total. The first-order valence-electron chi connectivity index (χ1n) is 5.80. The van der Waals surface area contributed by atoms with Crippen LogP contribution in [0.5, 0.6) is 0 Å². The lowest BCUT2D eigenvalue weighted by Crippen LogP contribution is -2.25. The van der Waals surface area contributed by atoms with Crippen LogP contribution in [0.15, 0.2) is 33.2 Å². The molecule has 19 heavy (non-hydrogen) atoms. The summed E-state index contributed by atoms with van der Waals surface area (Å²) in [7, 11) is -1.60. The first-order valence-corrected chi connectivity index (χ1v) is 9.05. The average Bonchev–Trinajstić information content (AvgIpc) is 2.99. The van der Waals surface area contributed by atoms with Crippen molar-refractivity contribution in [2.45, 2.75) is 23.7 Å². The molecule has 2 aromatic heterocycles. The Morgan fingerprint density at radius 1 is 1.32 bits per heavy atom. The molecule has 0 aromatic carbocycles. The van der Waals surface area contributed by atoms with E-state index in [4.69, 9.17) is 0 Å². The first kappa shape index (κ1) is 14.7. The van der Waals surface area contributed by atoms with Gasteiger partial charge in [0, 0.05) is 17.5 Å². The second-order valence-electron chi connectivity index (χ2n) is 4.15. The Morgan fingerprint density at radius 2 is 2.11 bits per heavy atom. The molecule has 2 heterocycles. The molecule has 2 aromatic rings. The summed E-state index contributed by atoms with van der Waals surface area (Å²) < 4.78 is 27.5. The van der Waals surface area contributed by atoms with Crippen LogP contribution in [-0.4, -0.2) is 15.5 Å². The summed E-state index contributed by atoms with van der Waals surface area (Å²) in [5, 5.41) is 6.90. The van der Waals surface area contributed by atoms with E-state index in [0.717, 1.165) is 10.4 Å². The Hall–Kier alpha value is -0.730. The summed E-state index contributed by atoms with van der Waals surface area (Å²) in [6, 6.07) is 5.20. The molecule has 1 atom stereocenters. The van der Waals surface area contributed by atoms with Crippen LogP contribution in [0, 0.1) is 0 Å². The lowest BCUT2D eigenvalue weighted by molar-refractivity contribution is 0.569. The third-order valence-corrected chi connectivity index (χ3v) is 6.45. The lowest BCUT2D eigenvalue weighted by Gasteiger charge is -2.11. The molecule has 0 fully saturated rings. The van der Waals surface area contributed by atoms with Gasteiger partial charge in [-0.25, -0.2) is 13.1 Å². The van der Waals surface area contributed by atoms with E-state index in [2.05, 4.69) is 10.0 Å². The van der Waals surface area contributed by atoms with Crippen molar-refractivity contribution in [1.82, 2.24) is 10.0 Å². The molecule has 0 bridgehead atoms. The maximum absolute atomic E-state index is 12.2. The van der Waals surface area contributed by atoms with Crippen molar-refractivity contribution in [3.8, 4) is 0 Å². The van der Waals surface area contributed by atoms with Crippen LogP contribution in [0.3, 0.4) is 0 Å². The Balaban J connectivity index is 2.13. The molecule has 0 radical (unpaired) electrons. The van der Waals surface area contributed by atoms with Crippen LogP contribution in [0.4, 0.5) is 0 Å². The predicted molar refractivity (Wildman–Crippen MR) is 80.1 cm³/mol. The van der Waals surface area contributed by atoms with E-state index in [-0.39, 0.29) is 6.04 Å². The second-order valence-corrected chi connectivity index (χ2v) is 8.04. The van der Waals surface area contributed by atoms with Gasteiger partial charge in [0.2, 0.25) is 0 Å². The van der Waals surface area contributed by atoms with Crippen LogP contribution in [-0.2, 0) is 16.6 Å². The van der Waals surface area contributed by atoms with Crippen LogP contribution in [0.1, 0.15) is 23.4 Å². The van der Waals surface area contributed by atoms with E-state index in [0.29, 0.717) is 10.8 Å². The van der Waals surface area contributed by atoms with Gasteiger partial charge in [-0.1, -0.05) is 0 Å². The van der Waals surface area contributed by atoms with Crippen molar-refractivity contribution in [2.75, 3.05) is 7.05 Å². The Kier molecular flexibility index (Phi) is 4.75. The maximum atomic E-state index is 12.2.